The highest BCUT2D eigenvalue weighted by Crippen LogP contribution is 2.08. The molecule has 0 fully saturated rings. The number of hydrogen-bond acceptors (Lipinski definition) is 3. The fourth-order valence-electron chi connectivity index (χ4n) is 2.70. The standard InChI is InChI=1S/C22H37NO5/c1-2-3-4-5-6-7-8-9-10-11-12-13-14-15-16-20(24)23-19(22(27)28)17-18-21(25)26/h5-6,8-9,19H,2-4,7,10-18H2,1H3,(H,23,24)(H,25,26)(H,27,28)/b6-5-,9-8-/t19-/m0/s1. The first-order valence-corrected chi connectivity index (χ1v) is 10.5. The predicted octanol–water partition coefficient (Wildman–Crippen LogP) is 4.84. The van der Waals surface area contributed by atoms with Crippen LogP contribution >= 0.6 is 0 Å². The van der Waals surface area contributed by atoms with Crippen LogP contribution in [0.2, 0.25) is 0 Å². The molecule has 0 aliphatic rings. The number of nitrogens with one attached hydrogen (secondary N) is 1. The van der Waals surface area contributed by atoms with Crippen LogP contribution in [0.25, 0.3) is 0 Å². The van der Waals surface area contributed by atoms with E-state index in [4.69, 9.17) is 10.2 Å². The van der Waals surface area contributed by atoms with Crippen molar-refractivity contribution in [3.63, 3.8) is 0 Å². The van der Waals surface area contributed by atoms with Crippen LogP contribution in [0, 0.1) is 0 Å². The smallest absolute Gasteiger partial charge is 0.326 e. The number of amides is 1. The minimum absolute atomic E-state index is 0.0988. The maximum Gasteiger partial charge on any atom is 0.326 e. The lowest BCUT2D eigenvalue weighted by atomic mass is 10.1. The first-order valence-electron chi connectivity index (χ1n) is 10.5. The van der Waals surface area contributed by atoms with Crippen LogP contribution < -0.4 is 5.32 Å². The third kappa shape index (κ3) is 17.3. The molecule has 0 heterocycles. The quantitative estimate of drug-likeness (QED) is 0.227. The molecule has 0 saturated heterocycles. The Morgan fingerprint density at radius 3 is 2.04 bits per heavy atom. The molecule has 0 aromatic carbocycles. The second kappa shape index (κ2) is 18.3. The number of hydrogen-bond donors (Lipinski definition) is 3. The Hall–Kier alpha value is -2.11. The van der Waals surface area contributed by atoms with E-state index in [9.17, 15) is 14.4 Å². The van der Waals surface area contributed by atoms with Crippen LogP contribution in [-0.4, -0.2) is 34.1 Å². The molecule has 0 aromatic heterocycles. The zero-order valence-electron chi connectivity index (χ0n) is 17.2. The number of carbonyl (C=O) groups excluding carboxylic acids is 1. The van der Waals surface area contributed by atoms with E-state index in [1.165, 1.54) is 19.3 Å². The molecular formula is C22H37NO5. The number of rotatable bonds is 18. The summed E-state index contributed by atoms with van der Waals surface area (Å²) in [6.45, 7) is 2.20. The highest BCUT2D eigenvalue weighted by molar-refractivity contribution is 5.83. The molecule has 6 heteroatoms. The highest BCUT2D eigenvalue weighted by Gasteiger charge is 2.20. The molecule has 0 radical (unpaired) electrons. The summed E-state index contributed by atoms with van der Waals surface area (Å²) in [6.07, 6.45) is 19.5. The average Bonchev–Trinajstić information content (AvgIpc) is 2.65. The van der Waals surface area contributed by atoms with Gasteiger partial charge >= 0.3 is 11.9 Å². The predicted molar refractivity (Wildman–Crippen MR) is 111 cm³/mol. The maximum atomic E-state index is 11.8. The molecule has 0 aromatic rings. The van der Waals surface area contributed by atoms with Crippen molar-refractivity contribution in [1.29, 1.82) is 0 Å². The van der Waals surface area contributed by atoms with Crippen molar-refractivity contribution in [2.75, 3.05) is 0 Å². The number of unbranched alkanes of at least 4 members (excludes halogenated alkanes) is 7. The Morgan fingerprint density at radius 2 is 1.43 bits per heavy atom. The summed E-state index contributed by atoms with van der Waals surface area (Å²) < 4.78 is 0. The van der Waals surface area contributed by atoms with Gasteiger partial charge in [-0.25, -0.2) is 4.79 Å². The zero-order valence-corrected chi connectivity index (χ0v) is 17.2. The lowest BCUT2D eigenvalue weighted by Crippen LogP contribution is -2.41. The maximum absolute atomic E-state index is 11.8. The summed E-state index contributed by atoms with van der Waals surface area (Å²) in [5.74, 6) is -2.59. The SMILES string of the molecule is CCCC/C=C\C/C=C\CCCCCCCC(=O)N[C@@H](CCC(=O)O)C(=O)O. The van der Waals surface area contributed by atoms with Crippen LogP contribution in [0.5, 0.6) is 0 Å². The van der Waals surface area contributed by atoms with E-state index >= 15 is 0 Å². The first kappa shape index (κ1) is 25.9. The topological polar surface area (TPSA) is 104 Å². The molecule has 0 rings (SSSR count). The Bertz CT molecular complexity index is 499. The normalized spacial score (nSPS) is 12.5. The van der Waals surface area contributed by atoms with Crippen molar-refractivity contribution in [1.82, 2.24) is 5.32 Å². The van der Waals surface area contributed by atoms with Gasteiger partial charge in [0, 0.05) is 12.8 Å². The molecular weight excluding hydrogens is 358 g/mol. The molecule has 0 aliphatic heterocycles. The largest absolute Gasteiger partial charge is 0.481 e. The summed E-state index contributed by atoms with van der Waals surface area (Å²) in [4.78, 5) is 33.3. The Balaban J connectivity index is 3.63. The Labute approximate surface area is 169 Å². The fourth-order valence-corrected chi connectivity index (χ4v) is 2.70. The minimum Gasteiger partial charge on any atom is -0.481 e. The lowest BCUT2D eigenvalue weighted by Gasteiger charge is -2.13. The summed E-state index contributed by atoms with van der Waals surface area (Å²) in [5, 5.41) is 20.0. The van der Waals surface area contributed by atoms with Crippen LogP contribution in [0.1, 0.15) is 90.4 Å². The van der Waals surface area contributed by atoms with E-state index in [1.54, 1.807) is 0 Å². The van der Waals surface area contributed by atoms with Gasteiger partial charge in [-0.3, -0.25) is 9.59 Å². The Morgan fingerprint density at radius 1 is 0.821 bits per heavy atom. The van der Waals surface area contributed by atoms with Crippen molar-refractivity contribution in [2.24, 2.45) is 0 Å². The number of carboxylic acid groups (broad SMARTS) is 2. The van der Waals surface area contributed by atoms with Gasteiger partial charge in [0.15, 0.2) is 0 Å². The third-order valence-corrected chi connectivity index (χ3v) is 4.38. The van der Waals surface area contributed by atoms with E-state index in [2.05, 4.69) is 36.5 Å². The molecule has 0 unspecified atom stereocenters. The molecule has 0 saturated carbocycles. The van der Waals surface area contributed by atoms with Gasteiger partial charge in [-0.2, -0.15) is 0 Å². The molecule has 1 atom stereocenters. The van der Waals surface area contributed by atoms with Crippen LogP contribution in [0.15, 0.2) is 24.3 Å². The number of carbonyl (C=O) groups is 3. The second-order valence-electron chi connectivity index (χ2n) is 7.02. The van der Waals surface area contributed by atoms with Crippen LogP contribution in [-0.2, 0) is 14.4 Å². The van der Waals surface area contributed by atoms with Gasteiger partial charge in [-0.1, -0.05) is 63.3 Å². The third-order valence-electron chi connectivity index (χ3n) is 4.38. The van der Waals surface area contributed by atoms with E-state index in [0.29, 0.717) is 0 Å². The zero-order chi connectivity index (χ0) is 21.0. The first-order chi connectivity index (χ1) is 13.5. The molecule has 1 amide bonds. The molecule has 0 spiro atoms. The second-order valence-corrected chi connectivity index (χ2v) is 7.02. The number of aliphatic carboxylic acids is 2. The highest BCUT2D eigenvalue weighted by atomic mass is 16.4. The average molecular weight is 396 g/mol. The minimum atomic E-state index is -1.20. The molecule has 0 aliphatic carbocycles. The lowest BCUT2D eigenvalue weighted by molar-refractivity contribution is -0.143. The molecule has 28 heavy (non-hydrogen) atoms. The monoisotopic (exact) mass is 395 g/mol. The van der Waals surface area contributed by atoms with Gasteiger partial charge in [0.05, 0.1) is 0 Å². The fraction of sp³-hybridized carbons (Fsp3) is 0.682. The molecule has 0 bridgehead atoms. The van der Waals surface area contributed by atoms with Crippen molar-refractivity contribution >= 4 is 17.8 Å². The number of carboxylic acids is 2. The van der Waals surface area contributed by atoms with Crippen molar-refractivity contribution in [3.05, 3.63) is 24.3 Å². The summed E-state index contributed by atoms with van der Waals surface area (Å²) in [5.41, 5.74) is 0. The van der Waals surface area contributed by atoms with Crippen molar-refractivity contribution < 1.29 is 24.6 Å². The molecule has 3 N–H and O–H groups in total. The van der Waals surface area contributed by atoms with Gasteiger partial charge < -0.3 is 15.5 Å². The van der Waals surface area contributed by atoms with E-state index in [1.807, 2.05) is 0 Å². The van der Waals surface area contributed by atoms with E-state index in [-0.39, 0.29) is 25.2 Å². The summed E-state index contributed by atoms with van der Waals surface area (Å²) >= 11 is 0. The van der Waals surface area contributed by atoms with Gasteiger partial charge in [0.25, 0.3) is 0 Å². The van der Waals surface area contributed by atoms with Gasteiger partial charge in [0.2, 0.25) is 5.91 Å². The van der Waals surface area contributed by atoms with Crippen molar-refractivity contribution in [3.8, 4) is 0 Å². The summed E-state index contributed by atoms with van der Waals surface area (Å²) in [6, 6.07) is -1.13. The van der Waals surface area contributed by atoms with Crippen LogP contribution in [0.3, 0.4) is 0 Å². The van der Waals surface area contributed by atoms with Gasteiger partial charge in [-0.05, 0) is 38.5 Å². The number of allylic oxidation sites excluding steroid dienone is 4. The van der Waals surface area contributed by atoms with Crippen molar-refractivity contribution in [2.45, 2.75) is 96.4 Å². The molecule has 160 valence electrons. The van der Waals surface area contributed by atoms with Crippen LogP contribution in [0.4, 0.5) is 0 Å². The van der Waals surface area contributed by atoms with E-state index in [0.717, 1.165) is 44.9 Å². The Kier molecular flexibility index (Phi) is 16.9. The molecule has 6 nitrogen and oxygen atoms in total. The van der Waals surface area contributed by atoms with Gasteiger partial charge in [0.1, 0.15) is 6.04 Å². The van der Waals surface area contributed by atoms with Gasteiger partial charge in [-0.15, -0.1) is 0 Å². The summed E-state index contributed by atoms with van der Waals surface area (Å²) in [7, 11) is 0. The van der Waals surface area contributed by atoms with E-state index < -0.39 is 18.0 Å².